The summed E-state index contributed by atoms with van der Waals surface area (Å²) in [5, 5.41) is 0. The third-order valence-corrected chi connectivity index (χ3v) is 3.72. The van der Waals surface area contributed by atoms with Gasteiger partial charge in [-0.3, -0.25) is 0 Å². The van der Waals surface area contributed by atoms with Crippen LogP contribution in [0.25, 0.3) is 0 Å². The molecule has 1 rings (SSSR count). The minimum absolute atomic E-state index is 0.154. The van der Waals surface area contributed by atoms with Crippen molar-refractivity contribution in [2.24, 2.45) is 0 Å². The van der Waals surface area contributed by atoms with Crippen molar-refractivity contribution in [1.82, 2.24) is 0 Å². The monoisotopic (exact) mass is 346 g/mol. The average Bonchev–Trinajstić information content (AvgIpc) is 1.97. The van der Waals surface area contributed by atoms with E-state index in [1.807, 2.05) is 28.8 Å². The molecule has 0 heterocycles. The molecule has 1 aromatic rings. The highest BCUT2D eigenvalue weighted by Crippen LogP contribution is 2.28. The van der Waals surface area contributed by atoms with Crippen molar-refractivity contribution in [1.29, 1.82) is 0 Å². The van der Waals surface area contributed by atoms with Crippen LogP contribution in [0.5, 0.6) is 0 Å². The SMILES string of the molecule is CSc1cc(F)c(I)cc1Br. The van der Waals surface area contributed by atoms with Gasteiger partial charge in [0.25, 0.3) is 0 Å². The van der Waals surface area contributed by atoms with Crippen molar-refractivity contribution < 1.29 is 4.39 Å². The number of rotatable bonds is 1. The highest BCUT2D eigenvalue weighted by atomic mass is 127. The molecule has 0 aliphatic heterocycles. The molecule has 0 spiro atoms. The molecule has 0 aliphatic rings. The zero-order valence-electron chi connectivity index (χ0n) is 5.70. The molecule has 0 amide bonds. The molecule has 0 nitrogen and oxygen atoms in total. The maximum Gasteiger partial charge on any atom is 0.137 e. The first-order valence-corrected chi connectivity index (χ1v) is 5.93. The van der Waals surface area contributed by atoms with Crippen molar-refractivity contribution >= 4 is 50.3 Å². The fourth-order valence-corrected chi connectivity index (χ4v) is 2.86. The molecule has 0 unspecified atom stereocenters. The van der Waals surface area contributed by atoms with E-state index in [2.05, 4.69) is 15.9 Å². The van der Waals surface area contributed by atoms with Crippen molar-refractivity contribution in [3.63, 3.8) is 0 Å². The van der Waals surface area contributed by atoms with Crippen LogP contribution >= 0.6 is 50.3 Å². The van der Waals surface area contributed by atoms with Gasteiger partial charge in [-0.15, -0.1) is 11.8 Å². The minimum atomic E-state index is -0.154. The summed E-state index contributed by atoms with van der Waals surface area (Å²) in [6, 6.07) is 3.32. The lowest BCUT2D eigenvalue weighted by Gasteiger charge is -2.01. The summed E-state index contributed by atoms with van der Waals surface area (Å²) in [7, 11) is 0. The van der Waals surface area contributed by atoms with Gasteiger partial charge >= 0.3 is 0 Å². The van der Waals surface area contributed by atoms with E-state index in [9.17, 15) is 4.39 Å². The molecular weight excluding hydrogens is 342 g/mol. The van der Waals surface area contributed by atoms with Gasteiger partial charge in [-0.2, -0.15) is 0 Å². The van der Waals surface area contributed by atoms with E-state index in [0.29, 0.717) is 3.57 Å². The summed E-state index contributed by atoms with van der Waals surface area (Å²) in [4.78, 5) is 0.933. The molecule has 4 heteroatoms. The molecule has 11 heavy (non-hydrogen) atoms. The van der Waals surface area contributed by atoms with Crippen LogP contribution in [0, 0.1) is 9.39 Å². The van der Waals surface area contributed by atoms with Crippen LogP contribution in [0.2, 0.25) is 0 Å². The van der Waals surface area contributed by atoms with Gasteiger partial charge < -0.3 is 0 Å². The third-order valence-electron chi connectivity index (χ3n) is 1.19. The van der Waals surface area contributed by atoms with Crippen LogP contribution in [0.4, 0.5) is 4.39 Å². The van der Waals surface area contributed by atoms with Gasteiger partial charge in [0.15, 0.2) is 0 Å². The van der Waals surface area contributed by atoms with Crippen molar-refractivity contribution in [2.45, 2.75) is 4.90 Å². The summed E-state index contributed by atoms with van der Waals surface area (Å²) in [6.07, 6.45) is 1.92. The predicted octanol–water partition coefficient (Wildman–Crippen LogP) is 3.91. The Bertz CT molecular complexity index is 277. The number of benzene rings is 1. The van der Waals surface area contributed by atoms with E-state index in [1.165, 1.54) is 17.8 Å². The molecule has 0 radical (unpaired) electrons. The van der Waals surface area contributed by atoms with Crippen LogP contribution in [0.1, 0.15) is 0 Å². The minimum Gasteiger partial charge on any atom is -0.206 e. The highest BCUT2D eigenvalue weighted by Gasteiger charge is 2.04. The molecule has 0 saturated carbocycles. The molecule has 0 N–H and O–H groups in total. The third kappa shape index (κ3) is 2.32. The summed E-state index contributed by atoms with van der Waals surface area (Å²) < 4.78 is 14.5. The lowest BCUT2D eigenvalue weighted by atomic mass is 10.3. The Morgan fingerprint density at radius 1 is 1.55 bits per heavy atom. The molecular formula is C7H5BrFIS. The van der Waals surface area contributed by atoms with Gasteiger partial charge in [0, 0.05) is 12.9 Å². The van der Waals surface area contributed by atoms with Crippen molar-refractivity contribution in [3.05, 3.63) is 26.0 Å². The van der Waals surface area contributed by atoms with Gasteiger partial charge in [0.2, 0.25) is 0 Å². The second-order valence-corrected chi connectivity index (χ2v) is 4.77. The molecule has 0 atom stereocenters. The number of hydrogen-bond acceptors (Lipinski definition) is 1. The van der Waals surface area contributed by atoms with E-state index in [0.717, 1.165) is 9.37 Å². The van der Waals surface area contributed by atoms with E-state index < -0.39 is 0 Å². The fraction of sp³-hybridized carbons (Fsp3) is 0.143. The van der Waals surface area contributed by atoms with E-state index >= 15 is 0 Å². The molecule has 0 aromatic heterocycles. The van der Waals surface area contributed by atoms with Gasteiger partial charge in [0.05, 0.1) is 0 Å². The molecule has 0 fully saturated rings. The van der Waals surface area contributed by atoms with Gasteiger partial charge in [0.1, 0.15) is 5.82 Å². The van der Waals surface area contributed by atoms with Crippen LogP contribution in [-0.4, -0.2) is 6.26 Å². The lowest BCUT2D eigenvalue weighted by Crippen LogP contribution is -1.83. The Labute approximate surface area is 91.2 Å². The predicted molar refractivity (Wildman–Crippen MR) is 58.6 cm³/mol. The Morgan fingerprint density at radius 2 is 2.18 bits per heavy atom. The second kappa shape index (κ2) is 4.09. The van der Waals surface area contributed by atoms with Gasteiger partial charge in [-0.05, 0) is 56.9 Å². The van der Waals surface area contributed by atoms with E-state index in [-0.39, 0.29) is 5.82 Å². The Hall–Kier alpha value is 0.710. The average molecular weight is 347 g/mol. The van der Waals surface area contributed by atoms with Crippen LogP contribution in [0.15, 0.2) is 21.5 Å². The fourth-order valence-electron chi connectivity index (χ4n) is 0.661. The molecule has 0 saturated heterocycles. The van der Waals surface area contributed by atoms with Crippen molar-refractivity contribution in [2.75, 3.05) is 6.26 Å². The van der Waals surface area contributed by atoms with Crippen LogP contribution in [-0.2, 0) is 0 Å². The number of thioether (sulfide) groups is 1. The summed E-state index contributed by atoms with van der Waals surface area (Å²) in [5.74, 6) is -0.154. The van der Waals surface area contributed by atoms with Crippen molar-refractivity contribution in [3.8, 4) is 0 Å². The standard InChI is InChI=1S/C7H5BrFIS/c1-11-7-3-5(9)6(10)2-4(7)8/h2-3H,1H3. The normalized spacial score (nSPS) is 10.2. The first-order chi connectivity index (χ1) is 5.15. The maximum absolute atomic E-state index is 12.9. The van der Waals surface area contributed by atoms with Crippen LogP contribution < -0.4 is 0 Å². The summed E-state index contributed by atoms with van der Waals surface area (Å²) in [5.41, 5.74) is 0. The van der Waals surface area contributed by atoms with Gasteiger partial charge in [-0.25, -0.2) is 4.39 Å². The molecule has 60 valence electrons. The topological polar surface area (TPSA) is 0 Å². The van der Waals surface area contributed by atoms with Gasteiger partial charge in [-0.1, -0.05) is 0 Å². The largest absolute Gasteiger partial charge is 0.206 e. The number of hydrogen-bond donors (Lipinski definition) is 0. The molecule has 1 aromatic carbocycles. The quantitative estimate of drug-likeness (QED) is 0.422. The lowest BCUT2D eigenvalue weighted by molar-refractivity contribution is 0.616. The first-order valence-electron chi connectivity index (χ1n) is 2.83. The Morgan fingerprint density at radius 3 is 2.73 bits per heavy atom. The number of halogens is 3. The summed E-state index contributed by atoms with van der Waals surface area (Å²) in [6.45, 7) is 0. The Kier molecular flexibility index (Phi) is 3.64. The first kappa shape index (κ1) is 9.80. The van der Waals surface area contributed by atoms with E-state index in [1.54, 1.807) is 6.07 Å². The Balaban J connectivity index is 3.21. The second-order valence-electron chi connectivity index (χ2n) is 1.90. The molecule has 0 bridgehead atoms. The van der Waals surface area contributed by atoms with Crippen LogP contribution in [0.3, 0.4) is 0 Å². The zero-order valence-corrected chi connectivity index (χ0v) is 10.3. The zero-order chi connectivity index (χ0) is 8.43. The highest BCUT2D eigenvalue weighted by molar-refractivity contribution is 14.1. The molecule has 0 aliphatic carbocycles. The maximum atomic E-state index is 12.9. The van der Waals surface area contributed by atoms with E-state index in [4.69, 9.17) is 0 Å². The summed E-state index contributed by atoms with van der Waals surface area (Å²) >= 11 is 6.85. The smallest absolute Gasteiger partial charge is 0.137 e.